The lowest BCUT2D eigenvalue weighted by Crippen LogP contribution is -2.32. The molecule has 9 heteroatoms. The van der Waals surface area contributed by atoms with Crippen LogP contribution in [0.2, 0.25) is 0 Å². The Hall–Kier alpha value is -2.52. The average molecular weight is 379 g/mol. The summed E-state index contributed by atoms with van der Waals surface area (Å²) in [7, 11) is 1.15. The molecular weight excluding hydrogens is 360 g/mol. The van der Waals surface area contributed by atoms with E-state index in [1.54, 1.807) is 10.9 Å². The highest BCUT2D eigenvalue weighted by Crippen LogP contribution is 2.28. The first-order chi connectivity index (χ1) is 13.1. The number of hydrogen-bond acceptors (Lipinski definition) is 5. The predicted octanol–water partition coefficient (Wildman–Crippen LogP) is 1.65. The number of carbonyl (C=O) groups excluding carboxylic acids is 1. The molecule has 0 saturated carbocycles. The van der Waals surface area contributed by atoms with E-state index in [-0.39, 0.29) is 36.9 Å². The smallest absolute Gasteiger partial charge is 0.257 e. The zero-order valence-corrected chi connectivity index (χ0v) is 14.7. The second kappa shape index (κ2) is 7.24. The van der Waals surface area contributed by atoms with Gasteiger partial charge in [-0.15, -0.1) is 0 Å². The van der Waals surface area contributed by atoms with E-state index in [4.69, 9.17) is 14.2 Å². The van der Waals surface area contributed by atoms with Crippen LogP contribution in [0.3, 0.4) is 0 Å². The van der Waals surface area contributed by atoms with Crippen LogP contribution in [0.1, 0.15) is 16.4 Å². The molecule has 0 spiro atoms. The molecule has 144 valence electrons. The Morgan fingerprint density at radius 2 is 1.93 bits per heavy atom. The van der Waals surface area contributed by atoms with Crippen LogP contribution < -0.4 is 4.74 Å². The van der Waals surface area contributed by atoms with Gasteiger partial charge in [-0.1, -0.05) is 0 Å². The third kappa shape index (κ3) is 3.28. The molecule has 2 atom stereocenters. The molecule has 1 aromatic carbocycles. The molecule has 2 aliphatic rings. The lowest BCUT2D eigenvalue weighted by atomic mass is 10.1. The van der Waals surface area contributed by atoms with Crippen LogP contribution >= 0.6 is 0 Å². The van der Waals surface area contributed by atoms with E-state index in [0.29, 0.717) is 13.2 Å². The Labute approximate surface area is 154 Å². The fourth-order valence-corrected chi connectivity index (χ4v) is 3.45. The highest BCUT2D eigenvalue weighted by atomic mass is 19.1. The topological polar surface area (TPSA) is 65.8 Å². The normalized spacial score (nSPS) is 23.1. The molecule has 0 N–H and O–H groups in total. The maximum atomic E-state index is 14.4. The van der Waals surface area contributed by atoms with Gasteiger partial charge in [-0.2, -0.15) is 5.10 Å². The van der Waals surface area contributed by atoms with Gasteiger partial charge in [0.1, 0.15) is 12.2 Å². The van der Waals surface area contributed by atoms with Crippen molar-refractivity contribution >= 4 is 5.91 Å². The molecule has 1 amide bonds. The molecular formula is C18H19F2N3O4. The highest BCUT2D eigenvalue weighted by molar-refractivity contribution is 5.95. The Balaban J connectivity index is 1.46. The van der Waals surface area contributed by atoms with Crippen molar-refractivity contribution in [1.82, 2.24) is 14.7 Å². The van der Waals surface area contributed by atoms with Crippen LogP contribution in [0, 0.1) is 11.6 Å². The Morgan fingerprint density at radius 3 is 2.52 bits per heavy atom. The van der Waals surface area contributed by atoms with Crippen molar-refractivity contribution in [2.75, 3.05) is 33.4 Å². The number of nitrogens with zero attached hydrogens (tertiary/aromatic N) is 3. The van der Waals surface area contributed by atoms with Gasteiger partial charge in [-0.05, 0) is 18.2 Å². The van der Waals surface area contributed by atoms with Crippen molar-refractivity contribution < 1.29 is 27.8 Å². The molecule has 4 rings (SSSR count). The summed E-state index contributed by atoms with van der Waals surface area (Å²) in [5, 5.41) is 4.20. The quantitative estimate of drug-likeness (QED) is 0.812. The molecule has 0 aliphatic carbocycles. The summed E-state index contributed by atoms with van der Waals surface area (Å²) in [5.74, 6) is -2.97. The minimum Gasteiger partial charge on any atom is -0.491 e. The van der Waals surface area contributed by atoms with E-state index in [9.17, 15) is 13.6 Å². The van der Waals surface area contributed by atoms with Gasteiger partial charge in [0, 0.05) is 25.5 Å². The molecule has 0 unspecified atom stereocenters. The SMILES string of the molecule is COc1c(F)ccc(C(=O)N2C[C@@H]3OCC(n4cccn4)CO[C@H]3C2)c1F. The van der Waals surface area contributed by atoms with Gasteiger partial charge in [-0.25, -0.2) is 8.78 Å². The van der Waals surface area contributed by atoms with Crippen LogP contribution in [0.25, 0.3) is 0 Å². The van der Waals surface area contributed by atoms with Crippen LogP contribution in [-0.4, -0.2) is 66.2 Å². The van der Waals surface area contributed by atoms with Gasteiger partial charge in [0.15, 0.2) is 17.4 Å². The van der Waals surface area contributed by atoms with E-state index >= 15 is 0 Å². The van der Waals surface area contributed by atoms with E-state index in [1.165, 1.54) is 4.90 Å². The fourth-order valence-electron chi connectivity index (χ4n) is 3.45. The number of rotatable bonds is 3. The van der Waals surface area contributed by atoms with Crippen molar-refractivity contribution in [1.29, 1.82) is 0 Å². The summed E-state index contributed by atoms with van der Waals surface area (Å²) >= 11 is 0. The molecule has 2 saturated heterocycles. The van der Waals surface area contributed by atoms with E-state index < -0.39 is 23.3 Å². The number of ether oxygens (including phenoxy) is 3. The van der Waals surface area contributed by atoms with Gasteiger partial charge < -0.3 is 19.1 Å². The number of halogens is 2. The number of hydrogen-bond donors (Lipinski definition) is 0. The van der Waals surface area contributed by atoms with Crippen molar-refractivity contribution in [3.8, 4) is 5.75 Å². The van der Waals surface area contributed by atoms with Crippen molar-refractivity contribution in [3.63, 3.8) is 0 Å². The number of carbonyl (C=O) groups is 1. The van der Waals surface area contributed by atoms with Gasteiger partial charge in [0.25, 0.3) is 5.91 Å². The van der Waals surface area contributed by atoms with Gasteiger partial charge >= 0.3 is 0 Å². The van der Waals surface area contributed by atoms with Crippen molar-refractivity contribution in [2.45, 2.75) is 18.2 Å². The number of aromatic nitrogens is 2. The lowest BCUT2D eigenvalue weighted by molar-refractivity contribution is -0.00461. The molecule has 1 aromatic heterocycles. The van der Waals surface area contributed by atoms with E-state index in [0.717, 1.165) is 19.2 Å². The maximum absolute atomic E-state index is 14.4. The monoisotopic (exact) mass is 379 g/mol. The molecule has 0 radical (unpaired) electrons. The van der Waals surface area contributed by atoms with Gasteiger partial charge in [-0.3, -0.25) is 9.48 Å². The minimum absolute atomic E-state index is 0.0337. The predicted molar refractivity (Wildman–Crippen MR) is 89.6 cm³/mol. The first-order valence-electron chi connectivity index (χ1n) is 8.62. The third-order valence-corrected chi connectivity index (χ3v) is 4.89. The highest BCUT2D eigenvalue weighted by Gasteiger charge is 2.40. The molecule has 3 heterocycles. The molecule has 2 aliphatic heterocycles. The first-order valence-corrected chi connectivity index (χ1v) is 8.62. The van der Waals surface area contributed by atoms with Crippen LogP contribution in [-0.2, 0) is 9.47 Å². The van der Waals surface area contributed by atoms with Crippen LogP contribution in [0.5, 0.6) is 5.75 Å². The molecule has 27 heavy (non-hydrogen) atoms. The minimum atomic E-state index is -1.00. The maximum Gasteiger partial charge on any atom is 0.257 e. The largest absolute Gasteiger partial charge is 0.491 e. The Bertz CT molecular complexity index is 814. The summed E-state index contributed by atoms with van der Waals surface area (Å²) in [6.45, 7) is 1.36. The zero-order chi connectivity index (χ0) is 19.0. The van der Waals surface area contributed by atoms with E-state index in [2.05, 4.69) is 5.10 Å². The fraction of sp³-hybridized carbons (Fsp3) is 0.444. The number of amides is 1. The molecule has 2 aromatic rings. The Kier molecular flexibility index (Phi) is 4.79. The summed E-state index contributed by atoms with van der Waals surface area (Å²) in [6.07, 6.45) is 2.93. The summed E-state index contributed by atoms with van der Waals surface area (Å²) in [6, 6.07) is 3.94. The summed E-state index contributed by atoms with van der Waals surface area (Å²) in [5.41, 5.74) is -0.237. The summed E-state index contributed by atoms with van der Waals surface area (Å²) in [4.78, 5) is 14.2. The number of fused-ring (bicyclic) bond motifs is 1. The summed E-state index contributed by atoms with van der Waals surface area (Å²) < 4.78 is 46.3. The lowest BCUT2D eigenvalue weighted by Gasteiger charge is -2.19. The first kappa shape index (κ1) is 17.9. The van der Waals surface area contributed by atoms with Crippen LogP contribution in [0.15, 0.2) is 30.6 Å². The standard InChI is InChI=1S/C18H19F2N3O4/c1-25-17-13(19)4-3-12(16(17)20)18(24)22-7-14-15(8-22)27-10-11(9-26-14)23-6-2-5-21-23/h2-6,11,14-15H,7-10H2,1H3/t14-,15-/m0/s1. The second-order valence-electron chi connectivity index (χ2n) is 6.54. The van der Waals surface area contributed by atoms with Gasteiger partial charge in [0.2, 0.25) is 0 Å². The van der Waals surface area contributed by atoms with Crippen molar-refractivity contribution in [3.05, 3.63) is 47.8 Å². The number of likely N-dealkylation sites (tertiary alicyclic amines) is 1. The zero-order valence-electron chi connectivity index (χ0n) is 14.7. The number of methoxy groups -OCH3 is 1. The van der Waals surface area contributed by atoms with Crippen molar-refractivity contribution in [2.24, 2.45) is 0 Å². The molecule has 0 bridgehead atoms. The molecule has 7 nitrogen and oxygen atoms in total. The third-order valence-electron chi connectivity index (χ3n) is 4.89. The second-order valence-corrected chi connectivity index (χ2v) is 6.54. The average Bonchev–Trinajstić information content (AvgIpc) is 3.29. The van der Waals surface area contributed by atoms with E-state index in [1.807, 2.05) is 12.3 Å². The Morgan fingerprint density at radius 1 is 1.22 bits per heavy atom. The van der Waals surface area contributed by atoms with Crippen LogP contribution in [0.4, 0.5) is 8.78 Å². The number of benzene rings is 1. The molecule has 2 fully saturated rings. The van der Waals surface area contributed by atoms with Gasteiger partial charge in [0.05, 0.1) is 31.9 Å².